The molecule has 0 heterocycles. The molecular weight excluding hydrogens is 403 g/mol. The van der Waals surface area contributed by atoms with Crippen LogP contribution >= 0.6 is 22.6 Å². The van der Waals surface area contributed by atoms with Crippen LogP contribution in [0.1, 0.15) is 58.6 Å². The van der Waals surface area contributed by atoms with E-state index >= 15 is 0 Å². The van der Waals surface area contributed by atoms with Gasteiger partial charge in [-0.15, -0.1) is 0 Å². The Balaban J connectivity index is 1.91. The average Bonchev–Trinajstić information content (AvgIpc) is 2.84. The monoisotopic (exact) mass is 430 g/mol. The summed E-state index contributed by atoms with van der Waals surface area (Å²) in [5.74, 6) is 0. The third kappa shape index (κ3) is 5.95. The van der Waals surface area contributed by atoms with E-state index in [1.807, 2.05) is 20.8 Å². The molecule has 2 N–H and O–H groups in total. The number of rotatable bonds is 4. The van der Waals surface area contributed by atoms with Crippen molar-refractivity contribution in [1.29, 1.82) is 0 Å². The van der Waals surface area contributed by atoms with Gasteiger partial charge in [0.1, 0.15) is 5.60 Å². The van der Waals surface area contributed by atoms with Crippen molar-refractivity contribution in [3.05, 3.63) is 33.4 Å². The number of amides is 1. The molecule has 1 aromatic carbocycles. The third-order valence-corrected chi connectivity index (χ3v) is 4.77. The highest BCUT2D eigenvalue weighted by atomic mass is 127. The molecule has 0 spiro atoms. The number of hydrogen-bond acceptors (Lipinski definition) is 3. The molecule has 23 heavy (non-hydrogen) atoms. The maximum Gasteiger partial charge on any atom is 0.407 e. The predicted molar refractivity (Wildman–Crippen MR) is 102 cm³/mol. The van der Waals surface area contributed by atoms with Crippen LogP contribution < -0.4 is 10.6 Å². The second kappa shape index (κ2) is 7.83. The van der Waals surface area contributed by atoms with Gasteiger partial charge in [-0.1, -0.05) is 12.1 Å². The van der Waals surface area contributed by atoms with E-state index in [2.05, 4.69) is 64.4 Å². The molecule has 1 fully saturated rings. The molecule has 1 saturated carbocycles. The van der Waals surface area contributed by atoms with Crippen molar-refractivity contribution in [2.24, 2.45) is 0 Å². The molecule has 0 aromatic heterocycles. The number of carbonyl (C=O) groups is 1. The van der Waals surface area contributed by atoms with Gasteiger partial charge in [0, 0.05) is 21.7 Å². The zero-order valence-electron chi connectivity index (χ0n) is 14.4. The van der Waals surface area contributed by atoms with E-state index in [4.69, 9.17) is 4.74 Å². The van der Waals surface area contributed by atoms with E-state index in [-0.39, 0.29) is 24.2 Å². The highest BCUT2D eigenvalue weighted by molar-refractivity contribution is 14.1. The normalized spacial score (nSPS) is 22.7. The van der Waals surface area contributed by atoms with Crippen molar-refractivity contribution < 1.29 is 9.53 Å². The van der Waals surface area contributed by atoms with Gasteiger partial charge in [0.05, 0.1) is 0 Å². The second-order valence-electron chi connectivity index (χ2n) is 7.23. The van der Waals surface area contributed by atoms with Crippen molar-refractivity contribution >= 4 is 28.7 Å². The molecule has 128 valence electrons. The van der Waals surface area contributed by atoms with Gasteiger partial charge in [0.2, 0.25) is 0 Å². The zero-order valence-corrected chi connectivity index (χ0v) is 16.5. The molecule has 1 aliphatic rings. The maximum atomic E-state index is 12.0. The second-order valence-corrected chi connectivity index (χ2v) is 8.48. The van der Waals surface area contributed by atoms with Crippen molar-refractivity contribution in [1.82, 2.24) is 10.6 Å². The summed E-state index contributed by atoms with van der Waals surface area (Å²) < 4.78 is 6.61. The van der Waals surface area contributed by atoms with Crippen LogP contribution in [0.2, 0.25) is 0 Å². The van der Waals surface area contributed by atoms with Gasteiger partial charge in [-0.3, -0.25) is 0 Å². The summed E-state index contributed by atoms with van der Waals surface area (Å²) in [5.41, 5.74) is 0.813. The van der Waals surface area contributed by atoms with E-state index in [0.29, 0.717) is 0 Å². The van der Waals surface area contributed by atoms with Crippen molar-refractivity contribution in [3.63, 3.8) is 0 Å². The fourth-order valence-electron chi connectivity index (χ4n) is 2.96. The van der Waals surface area contributed by atoms with Gasteiger partial charge in [-0.25, -0.2) is 4.79 Å². The first-order valence-electron chi connectivity index (χ1n) is 8.25. The van der Waals surface area contributed by atoms with Gasteiger partial charge in [-0.05, 0) is 87.2 Å². The first kappa shape index (κ1) is 18.5. The molecule has 0 radical (unpaired) electrons. The molecule has 3 unspecified atom stereocenters. The van der Waals surface area contributed by atoms with Gasteiger partial charge in [0.25, 0.3) is 0 Å². The summed E-state index contributed by atoms with van der Waals surface area (Å²) in [6.07, 6.45) is 2.88. The molecule has 1 aliphatic carbocycles. The Labute approximate surface area is 152 Å². The van der Waals surface area contributed by atoms with Crippen LogP contribution in [0, 0.1) is 3.57 Å². The van der Waals surface area contributed by atoms with Crippen molar-refractivity contribution in [2.45, 2.75) is 70.7 Å². The van der Waals surface area contributed by atoms with Crippen LogP contribution in [0.4, 0.5) is 4.79 Å². The zero-order chi connectivity index (χ0) is 17.0. The number of carbonyl (C=O) groups excluding carboxylic acids is 1. The fourth-order valence-corrected chi connectivity index (χ4v) is 3.32. The number of benzene rings is 1. The number of hydrogen-bond donors (Lipinski definition) is 2. The lowest BCUT2D eigenvalue weighted by Crippen LogP contribution is -2.48. The summed E-state index contributed by atoms with van der Waals surface area (Å²) in [7, 11) is 0. The highest BCUT2D eigenvalue weighted by Gasteiger charge is 2.31. The lowest BCUT2D eigenvalue weighted by molar-refractivity contribution is 0.0497. The molecule has 3 atom stereocenters. The molecule has 1 amide bonds. The van der Waals surface area contributed by atoms with E-state index in [0.717, 1.165) is 19.3 Å². The molecule has 0 aliphatic heterocycles. The molecule has 5 heteroatoms. The lowest BCUT2D eigenvalue weighted by Gasteiger charge is -2.27. The standard InChI is InChI=1S/C18H27IN2O2/c1-12(13-8-10-14(19)11-9-13)20-15-6-5-7-16(15)21-17(22)23-18(2,3)4/h8-12,15-16,20H,5-7H2,1-4H3,(H,21,22). The van der Waals surface area contributed by atoms with Crippen LogP contribution in [0.3, 0.4) is 0 Å². The van der Waals surface area contributed by atoms with Crippen LogP contribution in [-0.2, 0) is 4.74 Å². The number of ether oxygens (including phenoxy) is 1. The van der Waals surface area contributed by atoms with Crippen LogP contribution in [-0.4, -0.2) is 23.8 Å². The Morgan fingerprint density at radius 2 is 1.83 bits per heavy atom. The predicted octanol–water partition coefficient (Wildman–Crippen LogP) is 4.39. The summed E-state index contributed by atoms with van der Waals surface area (Å²) in [6, 6.07) is 9.25. The first-order valence-corrected chi connectivity index (χ1v) is 9.33. The first-order chi connectivity index (χ1) is 10.7. The minimum atomic E-state index is -0.458. The smallest absolute Gasteiger partial charge is 0.407 e. The molecule has 4 nitrogen and oxygen atoms in total. The fraction of sp³-hybridized carbons (Fsp3) is 0.611. The van der Waals surface area contributed by atoms with Crippen LogP contribution in [0.25, 0.3) is 0 Å². The molecular formula is C18H27IN2O2. The molecule has 0 bridgehead atoms. The van der Waals surface area contributed by atoms with E-state index < -0.39 is 5.60 Å². The lowest BCUT2D eigenvalue weighted by atomic mass is 10.1. The maximum absolute atomic E-state index is 12.0. The minimum absolute atomic E-state index is 0.135. The SMILES string of the molecule is CC(NC1CCCC1NC(=O)OC(C)(C)C)c1ccc(I)cc1. The topological polar surface area (TPSA) is 50.4 Å². The van der Waals surface area contributed by atoms with Crippen molar-refractivity contribution in [3.8, 4) is 0 Å². The highest BCUT2D eigenvalue weighted by Crippen LogP contribution is 2.23. The van der Waals surface area contributed by atoms with Crippen molar-refractivity contribution in [2.75, 3.05) is 0 Å². The quantitative estimate of drug-likeness (QED) is 0.697. The Hall–Kier alpha value is -0.820. The van der Waals surface area contributed by atoms with Gasteiger partial charge in [-0.2, -0.15) is 0 Å². The van der Waals surface area contributed by atoms with E-state index in [9.17, 15) is 4.79 Å². The third-order valence-electron chi connectivity index (χ3n) is 4.05. The van der Waals surface area contributed by atoms with Crippen LogP contribution in [0.15, 0.2) is 24.3 Å². The number of halogens is 1. The Kier molecular flexibility index (Phi) is 6.31. The summed E-state index contributed by atoms with van der Waals surface area (Å²) in [6.45, 7) is 7.83. The van der Waals surface area contributed by atoms with Gasteiger partial charge in [0.15, 0.2) is 0 Å². The van der Waals surface area contributed by atoms with Gasteiger partial charge >= 0.3 is 6.09 Å². The molecule has 2 rings (SSSR count). The Morgan fingerprint density at radius 3 is 2.43 bits per heavy atom. The van der Waals surface area contributed by atoms with Crippen LogP contribution in [0.5, 0.6) is 0 Å². The Bertz CT molecular complexity index is 525. The minimum Gasteiger partial charge on any atom is -0.444 e. The molecule has 0 saturated heterocycles. The largest absolute Gasteiger partial charge is 0.444 e. The average molecular weight is 430 g/mol. The summed E-state index contributed by atoms with van der Waals surface area (Å²) >= 11 is 2.32. The number of alkyl carbamates (subject to hydrolysis) is 1. The molecule has 1 aromatic rings. The summed E-state index contributed by atoms with van der Waals surface area (Å²) in [4.78, 5) is 12.0. The Morgan fingerprint density at radius 1 is 1.22 bits per heavy atom. The summed E-state index contributed by atoms with van der Waals surface area (Å²) in [5, 5.41) is 6.69. The van der Waals surface area contributed by atoms with E-state index in [1.54, 1.807) is 0 Å². The number of nitrogens with one attached hydrogen (secondary N) is 2. The van der Waals surface area contributed by atoms with E-state index in [1.165, 1.54) is 9.13 Å². The van der Waals surface area contributed by atoms with Gasteiger partial charge < -0.3 is 15.4 Å².